The summed E-state index contributed by atoms with van der Waals surface area (Å²) in [5, 5.41) is 37.0. The molecular formula is C18H24Cl2N4O5. The Hall–Kier alpha value is -2.20. The molecule has 2 rings (SSSR count). The molecular weight excluding hydrogens is 423 g/mol. The number of aromatic nitrogens is 2. The first-order valence-corrected chi connectivity index (χ1v) is 9.67. The molecule has 0 spiro atoms. The number of azo groups is 1. The number of carbonyl (C=O) groups is 1. The van der Waals surface area contributed by atoms with Crippen LogP contribution in [0.4, 0.5) is 11.6 Å². The average molecular weight is 447 g/mol. The highest BCUT2D eigenvalue weighted by Gasteiger charge is 2.21. The Kier molecular flexibility index (Phi) is 11.2. The first-order valence-electron chi connectivity index (χ1n) is 8.60. The Bertz CT molecular complexity index is 750. The van der Waals surface area contributed by atoms with Crippen LogP contribution >= 0.6 is 23.2 Å². The predicted molar refractivity (Wildman–Crippen MR) is 106 cm³/mol. The molecule has 2 atom stereocenters. The Labute approximate surface area is 178 Å². The minimum Gasteiger partial charge on any atom is -0.550 e. The van der Waals surface area contributed by atoms with E-state index in [0.29, 0.717) is 11.6 Å². The van der Waals surface area contributed by atoms with Crippen LogP contribution in [0.1, 0.15) is 6.92 Å². The lowest BCUT2D eigenvalue weighted by Gasteiger charge is -2.06. The molecule has 0 fully saturated rings. The molecule has 1 heterocycles. The number of carboxylic acid groups (broad SMARTS) is 1. The molecule has 0 saturated carbocycles. The molecule has 0 aliphatic carbocycles. The number of ether oxygens (including phenoxy) is 1. The van der Waals surface area contributed by atoms with Gasteiger partial charge in [-0.25, -0.2) is 9.13 Å². The number of hydrogen-bond acceptors (Lipinski definition) is 7. The lowest BCUT2D eigenvalue weighted by Crippen LogP contribution is -2.39. The lowest BCUT2D eigenvalue weighted by atomic mass is 10.3. The van der Waals surface area contributed by atoms with Crippen LogP contribution in [0.25, 0.3) is 0 Å². The Morgan fingerprint density at radius 2 is 1.79 bits per heavy atom. The van der Waals surface area contributed by atoms with E-state index >= 15 is 0 Å². The van der Waals surface area contributed by atoms with E-state index in [1.54, 1.807) is 52.9 Å². The zero-order valence-corrected chi connectivity index (χ0v) is 17.6. The van der Waals surface area contributed by atoms with E-state index in [4.69, 9.17) is 37.8 Å². The maximum Gasteiger partial charge on any atom is 0.421 e. The van der Waals surface area contributed by atoms with Crippen molar-refractivity contribution in [3.63, 3.8) is 0 Å². The third-order valence-corrected chi connectivity index (χ3v) is 4.15. The Balaban J connectivity index is 0.000000960. The monoisotopic (exact) mass is 446 g/mol. The fourth-order valence-electron chi connectivity index (χ4n) is 2.16. The van der Waals surface area contributed by atoms with Gasteiger partial charge in [-0.1, -0.05) is 5.11 Å². The number of hydrogen-bond donors (Lipinski definition) is 2. The molecule has 1 aromatic carbocycles. The van der Waals surface area contributed by atoms with Gasteiger partial charge in [0.1, 0.15) is 11.4 Å². The number of aliphatic hydroxyl groups excluding tert-OH is 2. The number of imidazole rings is 1. The van der Waals surface area contributed by atoms with Crippen molar-refractivity contribution >= 4 is 40.8 Å². The Morgan fingerprint density at radius 3 is 2.31 bits per heavy atom. The van der Waals surface area contributed by atoms with Crippen molar-refractivity contribution in [1.82, 2.24) is 4.57 Å². The first kappa shape index (κ1) is 24.8. The molecule has 0 aliphatic rings. The van der Waals surface area contributed by atoms with E-state index in [0.717, 1.165) is 12.7 Å². The van der Waals surface area contributed by atoms with Gasteiger partial charge in [-0.05, 0) is 31.2 Å². The van der Waals surface area contributed by atoms with Gasteiger partial charge >= 0.3 is 5.95 Å². The number of aliphatic carboxylic acids is 1. The van der Waals surface area contributed by atoms with Crippen LogP contribution in [0, 0.1) is 0 Å². The molecule has 0 aliphatic heterocycles. The highest BCUT2D eigenvalue weighted by molar-refractivity contribution is 6.18. The zero-order valence-electron chi connectivity index (χ0n) is 16.1. The molecule has 0 saturated heterocycles. The van der Waals surface area contributed by atoms with Crippen molar-refractivity contribution < 1.29 is 29.4 Å². The van der Waals surface area contributed by atoms with Gasteiger partial charge in [0.05, 0.1) is 56.6 Å². The van der Waals surface area contributed by atoms with Crippen molar-refractivity contribution in [3.8, 4) is 5.75 Å². The van der Waals surface area contributed by atoms with Gasteiger partial charge in [0, 0.05) is 11.1 Å². The third-order valence-electron chi connectivity index (χ3n) is 3.44. The summed E-state index contributed by atoms with van der Waals surface area (Å²) in [5.74, 6) is 0.340. The molecule has 2 unspecified atom stereocenters. The molecule has 160 valence electrons. The SMILES string of the molecule is CC(=O)[O-].COc1ccc(N=Nc2n(CC(O)CCl)cc[n+]2CC(O)CCl)cc1. The van der Waals surface area contributed by atoms with Crippen molar-refractivity contribution in [3.05, 3.63) is 36.7 Å². The van der Waals surface area contributed by atoms with Crippen molar-refractivity contribution in [1.29, 1.82) is 0 Å². The number of benzene rings is 1. The van der Waals surface area contributed by atoms with E-state index in [1.165, 1.54) is 0 Å². The van der Waals surface area contributed by atoms with Crippen molar-refractivity contribution in [2.45, 2.75) is 32.2 Å². The summed E-state index contributed by atoms with van der Waals surface area (Å²) in [6.07, 6.45) is 2.07. The topological polar surface area (TPSA) is 123 Å². The third kappa shape index (κ3) is 9.23. The largest absolute Gasteiger partial charge is 0.550 e. The summed E-state index contributed by atoms with van der Waals surface area (Å²) < 4.78 is 8.56. The number of aliphatic hydroxyl groups is 2. The summed E-state index contributed by atoms with van der Waals surface area (Å²) in [7, 11) is 1.59. The second kappa shape index (κ2) is 13.1. The van der Waals surface area contributed by atoms with Gasteiger partial charge in [-0.2, -0.15) is 0 Å². The average Bonchev–Trinajstić information content (AvgIpc) is 3.07. The van der Waals surface area contributed by atoms with Crippen LogP contribution < -0.4 is 14.4 Å². The van der Waals surface area contributed by atoms with Crippen LogP contribution in [0.3, 0.4) is 0 Å². The van der Waals surface area contributed by atoms with Crippen LogP contribution in [0.5, 0.6) is 5.75 Å². The molecule has 29 heavy (non-hydrogen) atoms. The fourth-order valence-corrected chi connectivity index (χ4v) is 2.36. The fraction of sp³-hybridized carbons (Fsp3) is 0.444. The number of carboxylic acids is 1. The maximum absolute atomic E-state index is 9.80. The number of halogens is 2. The summed E-state index contributed by atoms with van der Waals surface area (Å²) in [6, 6.07) is 7.13. The number of alkyl halides is 2. The highest BCUT2D eigenvalue weighted by atomic mass is 35.5. The van der Waals surface area contributed by atoms with Crippen LogP contribution in [-0.2, 0) is 17.9 Å². The molecule has 2 aromatic rings. The van der Waals surface area contributed by atoms with E-state index in [-0.39, 0.29) is 24.8 Å². The summed E-state index contributed by atoms with van der Waals surface area (Å²) in [4.78, 5) is 8.89. The van der Waals surface area contributed by atoms with Gasteiger partial charge in [-0.15, -0.1) is 23.2 Å². The van der Waals surface area contributed by atoms with Gasteiger partial charge < -0.3 is 24.9 Å². The minimum atomic E-state index is -1.08. The lowest BCUT2D eigenvalue weighted by molar-refractivity contribution is -0.689. The smallest absolute Gasteiger partial charge is 0.421 e. The van der Waals surface area contributed by atoms with Gasteiger partial charge in [0.2, 0.25) is 0 Å². The number of nitrogens with zero attached hydrogens (tertiary/aromatic N) is 4. The van der Waals surface area contributed by atoms with Crippen LogP contribution in [0.2, 0.25) is 0 Å². The molecule has 11 heteroatoms. The second-order valence-electron chi connectivity index (χ2n) is 5.91. The van der Waals surface area contributed by atoms with Gasteiger partial charge in [-0.3, -0.25) is 0 Å². The van der Waals surface area contributed by atoms with Crippen LogP contribution in [0.15, 0.2) is 46.9 Å². The van der Waals surface area contributed by atoms with E-state index in [1.807, 2.05) is 0 Å². The van der Waals surface area contributed by atoms with Gasteiger partial charge in [0.25, 0.3) is 0 Å². The molecule has 0 bridgehead atoms. The normalized spacial score (nSPS) is 12.9. The predicted octanol–water partition coefficient (Wildman–Crippen LogP) is 1.16. The van der Waals surface area contributed by atoms with Crippen LogP contribution in [-0.4, -0.2) is 51.8 Å². The number of rotatable bonds is 9. The maximum atomic E-state index is 9.80. The highest BCUT2D eigenvalue weighted by Crippen LogP contribution is 2.20. The zero-order chi connectivity index (χ0) is 21.8. The van der Waals surface area contributed by atoms with Gasteiger partial charge in [0.15, 0.2) is 0 Å². The van der Waals surface area contributed by atoms with Crippen molar-refractivity contribution in [2.24, 2.45) is 10.2 Å². The molecule has 2 N–H and O–H groups in total. The van der Waals surface area contributed by atoms with Crippen molar-refractivity contribution in [2.75, 3.05) is 18.9 Å². The summed E-state index contributed by atoms with van der Waals surface area (Å²) in [5.41, 5.74) is 0.649. The first-order chi connectivity index (χ1) is 13.8. The van der Waals surface area contributed by atoms with E-state index in [2.05, 4.69) is 10.2 Å². The summed E-state index contributed by atoms with van der Waals surface area (Å²) >= 11 is 11.4. The second-order valence-corrected chi connectivity index (χ2v) is 6.53. The van der Waals surface area contributed by atoms with E-state index < -0.39 is 18.2 Å². The molecule has 0 radical (unpaired) electrons. The molecule has 9 nitrogen and oxygen atoms in total. The Morgan fingerprint density at radius 1 is 1.21 bits per heavy atom. The standard InChI is InChI=1S/C16H21Cl2N4O3.C2H4O2/c1-25-15-4-2-12(3-5-15)19-20-16-21(10-13(23)8-17)6-7-22(16)11-14(24)9-18;1-2(3)4/h2-7,13-14,23-24H,8-11H2,1H3;1H3,(H,3,4)/q+1;/p-1. The quantitative estimate of drug-likeness (QED) is 0.339. The number of methoxy groups -OCH3 is 1. The number of carbonyl (C=O) groups excluding carboxylic acids is 1. The minimum absolute atomic E-state index is 0.109. The molecule has 1 aromatic heterocycles. The summed E-state index contributed by atoms with van der Waals surface area (Å²) in [6.45, 7) is 1.51. The van der Waals surface area contributed by atoms with E-state index in [9.17, 15) is 10.2 Å². The molecule has 0 amide bonds.